The number of ether oxygens (including phenoxy) is 1. The fraction of sp³-hybridized carbons (Fsp3) is 0.440. The molecule has 1 atom stereocenters. The van der Waals surface area contributed by atoms with Gasteiger partial charge in [0, 0.05) is 17.1 Å². The summed E-state index contributed by atoms with van der Waals surface area (Å²) in [5.74, 6) is -0.568. The second-order valence-electron chi connectivity index (χ2n) is 9.22. The van der Waals surface area contributed by atoms with E-state index in [0.717, 1.165) is 10.6 Å². The standard InChI is InChI=1S/C25H34ClN3O5S/c1-7-20(24(31)27-25(2,3)4)28(16-18-12-8-9-13-19(18)26)23(30)17-29(35(6,32)33)21-14-10-11-15-22(21)34-5/h8-15,20H,7,16-17H2,1-6H3,(H,27,31). The smallest absolute Gasteiger partial charge is 0.244 e. The molecule has 0 aliphatic rings. The Bertz CT molecular complexity index is 1150. The molecule has 0 saturated carbocycles. The van der Waals surface area contributed by atoms with Crippen LogP contribution in [0.25, 0.3) is 0 Å². The Labute approximate surface area is 213 Å². The first-order valence-corrected chi connectivity index (χ1v) is 13.5. The molecule has 0 bridgehead atoms. The van der Waals surface area contributed by atoms with Crippen molar-refractivity contribution in [1.82, 2.24) is 10.2 Å². The number of halogens is 1. The van der Waals surface area contributed by atoms with Gasteiger partial charge in [-0.05, 0) is 51.0 Å². The van der Waals surface area contributed by atoms with E-state index in [2.05, 4.69) is 5.32 Å². The molecule has 0 aliphatic heterocycles. The van der Waals surface area contributed by atoms with Gasteiger partial charge >= 0.3 is 0 Å². The Morgan fingerprint density at radius 3 is 2.23 bits per heavy atom. The van der Waals surface area contributed by atoms with Crippen molar-refractivity contribution < 1.29 is 22.7 Å². The van der Waals surface area contributed by atoms with Crippen LogP contribution < -0.4 is 14.4 Å². The van der Waals surface area contributed by atoms with Gasteiger partial charge in [0.15, 0.2) is 0 Å². The van der Waals surface area contributed by atoms with Gasteiger partial charge in [-0.1, -0.05) is 48.9 Å². The maximum Gasteiger partial charge on any atom is 0.244 e. The molecule has 2 aromatic carbocycles. The minimum Gasteiger partial charge on any atom is -0.495 e. The molecule has 10 heteroatoms. The second kappa shape index (κ2) is 11.8. The molecule has 0 saturated heterocycles. The van der Waals surface area contributed by atoms with Crippen LogP contribution in [0.2, 0.25) is 5.02 Å². The first-order chi connectivity index (χ1) is 16.3. The number of hydrogen-bond acceptors (Lipinski definition) is 5. The highest BCUT2D eigenvalue weighted by Gasteiger charge is 2.33. The van der Waals surface area contributed by atoms with E-state index >= 15 is 0 Å². The zero-order valence-corrected chi connectivity index (χ0v) is 22.6. The normalized spacial score (nSPS) is 12.5. The van der Waals surface area contributed by atoms with Crippen molar-refractivity contribution in [2.45, 2.75) is 52.2 Å². The summed E-state index contributed by atoms with van der Waals surface area (Å²) in [5, 5.41) is 3.37. The monoisotopic (exact) mass is 523 g/mol. The van der Waals surface area contributed by atoms with E-state index in [0.29, 0.717) is 22.8 Å². The van der Waals surface area contributed by atoms with Crippen LogP contribution in [0.1, 0.15) is 39.7 Å². The minimum atomic E-state index is -3.86. The summed E-state index contributed by atoms with van der Waals surface area (Å²) in [6.45, 7) is 6.89. The van der Waals surface area contributed by atoms with Gasteiger partial charge in [-0.2, -0.15) is 0 Å². The molecule has 0 aliphatic carbocycles. The van der Waals surface area contributed by atoms with Crippen LogP contribution in [-0.4, -0.2) is 56.6 Å². The largest absolute Gasteiger partial charge is 0.495 e. The number of amides is 2. The number of carbonyl (C=O) groups excluding carboxylic acids is 2. The van der Waals surface area contributed by atoms with E-state index in [1.807, 2.05) is 20.8 Å². The molecule has 2 aromatic rings. The van der Waals surface area contributed by atoms with Crippen LogP contribution >= 0.6 is 11.6 Å². The van der Waals surface area contributed by atoms with Crippen LogP contribution in [0.3, 0.4) is 0 Å². The van der Waals surface area contributed by atoms with Gasteiger partial charge in [-0.15, -0.1) is 0 Å². The third-order valence-corrected chi connectivity index (χ3v) is 6.71. The third-order valence-electron chi connectivity index (χ3n) is 5.22. The average molecular weight is 524 g/mol. The topological polar surface area (TPSA) is 96.0 Å². The van der Waals surface area contributed by atoms with E-state index in [9.17, 15) is 18.0 Å². The summed E-state index contributed by atoms with van der Waals surface area (Å²) in [5.41, 5.74) is 0.364. The lowest BCUT2D eigenvalue weighted by Gasteiger charge is -2.34. The third kappa shape index (κ3) is 7.86. The molecule has 1 N–H and O–H groups in total. The van der Waals surface area contributed by atoms with Crippen LogP contribution in [0, 0.1) is 0 Å². The predicted octanol–water partition coefficient (Wildman–Crippen LogP) is 3.84. The Hall–Kier alpha value is -2.78. The molecule has 35 heavy (non-hydrogen) atoms. The minimum absolute atomic E-state index is 0.0398. The fourth-order valence-electron chi connectivity index (χ4n) is 3.61. The van der Waals surface area contributed by atoms with Crippen molar-refractivity contribution in [2.75, 3.05) is 24.2 Å². The number of anilines is 1. The zero-order chi connectivity index (χ0) is 26.4. The molecule has 2 amide bonds. The summed E-state index contributed by atoms with van der Waals surface area (Å²) < 4.78 is 31.8. The molecular weight excluding hydrogens is 490 g/mol. The highest BCUT2D eigenvalue weighted by Crippen LogP contribution is 2.30. The Morgan fingerprint density at radius 1 is 1.09 bits per heavy atom. The van der Waals surface area contributed by atoms with Crippen molar-refractivity contribution in [3.63, 3.8) is 0 Å². The van der Waals surface area contributed by atoms with Crippen molar-refractivity contribution in [1.29, 1.82) is 0 Å². The Morgan fingerprint density at radius 2 is 1.69 bits per heavy atom. The van der Waals surface area contributed by atoms with Crippen molar-refractivity contribution >= 4 is 39.1 Å². The van der Waals surface area contributed by atoms with Gasteiger partial charge in [0.05, 0.1) is 19.1 Å². The first-order valence-electron chi connectivity index (χ1n) is 11.2. The average Bonchev–Trinajstić information content (AvgIpc) is 2.76. The highest BCUT2D eigenvalue weighted by molar-refractivity contribution is 7.92. The summed E-state index contributed by atoms with van der Waals surface area (Å²) in [7, 11) is -2.44. The molecule has 0 aromatic heterocycles. The molecule has 0 spiro atoms. The summed E-state index contributed by atoms with van der Waals surface area (Å²) in [4.78, 5) is 28.3. The van der Waals surface area contributed by atoms with E-state index in [4.69, 9.17) is 16.3 Å². The summed E-state index contributed by atoms with van der Waals surface area (Å²) in [6, 6.07) is 12.7. The number of para-hydroxylation sites is 2. The maximum absolute atomic E-state index is 13.7. The first kappa shape index (κ1) is 28.5. The molecule has 192 valence electrons. The number of sulfonamides is 1. The van der Waals surface area contributed by atoms with E-state index in [1.54, 1.807) is 55.5 Å². The molecule has 0 radical (unpaired) electrons. The lowest BCUT2D eigenvalue weighted by molar-refractivity contribution is -0.141. The van der Waals surface area contributed by atoms with Gasteiger partial charge in [-0.3, -0.25) is 13.9 Å². The lowest BCUT2D eigenvalue weighted by atomic mass is 10.1. The Balaban J connectivity index is 2.51. The van der Waals surface area contributed by atoms with Crippen molar-refractivity contribution in [3.05, 3.63) is 59.1 Å². The molecule has 8 nitrogen and oxygen atoms in total. The van der Waals surface area contributed by atoms with Crippen LogP contribution in [-0.2, 0) is 26.2 Å². The van der Waals surface area contributed by atoms with Gasteiger partial charge in [-0.25, -0.2) is 8.42 Å². The van der Waals surface area contributed by atoms with E-state index < -0.39 is 34.1 Å². The lowest BCUT2D eigenvalue weighted by Crippen LogP contribution is -2.55. The quantitative estimate of drug-likeness (QED) is 0.510. The Kier molecular flexibility index (Phi) is 9.57. The second-order valence-corrected chi connectivity index (χ2v) is 11.5. The van der Waals surface area contributed by atoms with Crippen LogP contribution in [0.4, 0.5) is 5.69 Å². The maximum atomic E-state index is 13.7. The highest BCUT2D eigenvalue weighted by atomic mass is 35.5. The van der Waals surface area contributed by atoms with Gasteiger partial charge in [0.1, 0.15) is 18.3 Å². The molecular formula is C25H34ClN3O5S. The SMILES string of the molecule is CCC(C(=O)NC(C)(C)C)N(Cc1ccccc1Cl)C(=O)CN(c1ccccc1OC)S(C)(=O)=O. The molecule has 0 fully saturated rings. The molecule has 0 heterocycles. The van der Waals surface area contributed by atoms with Crippen LogP contribution in [0.5, 0.6) is 5.75 Å². The van der Waals surface area contributed by atoms with Crippen LogP contribution in [0.15, 0.2) is 48.5 Å². The number of carbonyl (C=O) groups is 2. The van der Waals surface area contributed by atoms with Crippen molar-refractivity contribution in [2.24, 2.45) is 0 Å². The van der Waals surface area contributed by atoms with Crippen molar-refractivity contribution in [3.8, 4) is 5.75 Å². The molecule has 2 rings (SSSR count). The number of nitrogens with zero attached hydrogens (tertiary/aromatic N) is 2. The molecule has 1 unspecified atom stereocenters. The predicted molar refractivity (Wildman–Crippen MR) is 139 cm³/mol. The van der Waals surface area contributed by atoms with E-state index in [1.165, 1.54) is 12.0 Å². The number of methoxy groups -OCH3 is 1. The fourth-order valence-corrected chi connectivity index (χ4v) is 4.66. The summed E-state index contributed by atoms with van der Waals surface area (Å²) in [6.07, 6.45) is 1.35. The van der Waals surface area contributed by atoms with Gasteiger partial charge < -0.3 is 15.0 Å². The number of hydrogen-bond donors (Lipinski definition) is 1. The van der Waals surface area contributed by atoms with Gasteiger partial charge in [0.25, 0.3) is 0 Å². The van der Waals surface area contributed by atoms with E-state index in [-0.39, 0.29) is 18.1 Å². The summed E-state index contributed by atoms with van der Waals surface area (Å²) >= 11 is 6.36. The zero-order valence-electron chi connectivity index (χ0n) is 21.0. The number of nitrogens with one attached hydrogen (secondary N) is 1. The number of rotatable bonds is 10. The van der Waals surface area contributed by atoms with Gasteiger partial charge in [0.2, 0.25) is 21.8 Å². The number of benzene rings is 2.